The van der Waals surface area contributed by atoms with Gasteiger partial charge in [0, 0.05) is 11.1 Å². The first-order valence-electron chi connectivity index (χ1n) is 5.64. The summed E-state index contributed by atoms with van der Waals surface area (Å²) in [7, 11) is -3.71. The van der Waals surface area contributed by atoms with Gasteiger partial charge in [-0.3, -0.25) is 0 Å². The minimum Gasteiger partial charge on any atom is -0.435 e. The SMILES string of the molecule is Nc1ccc(Cl)cc1OC1=NS(=O)(=O)c2ccccc21. The lowest BCUT2D eigenvalue weighted by molar-refractivity contribution is 0.556. The van der Waals surface area contributed by atoms with Crippen molar-refractivity contribution >= 4 is 33.2 Å². The van der Waals surface area contributed by atoms with Crippen molar-refractivity contribution in [3.05, 3.63) is 53.1 Å². The molecule has 7 heteroatoms. The van der Waals surface area contributed by atoms with Gasteiger partial charge in [0.25, 0.3) is 10.0 Å². The number of halogens is 1. The van der Waals surface area contributed by atoms with Gasteiger partial charge in [0.1, 0.15) is 4.90 Å². The van der Waals surface area contributed by atoms with Gasteiger partial charge < -0.3 is 10.5 Å². The highest BCUT2D eigenvalue weighted by molar-refractivity contribution is 7.90. The molecule has 0 aliphatic carbocycles. The van der Waals surface area contributed by atoms with Crippen molar-refractivity contribution in [3.63, 3.8) is 0 Å². The molecule has 2 aromatic carbocycles. The molecule has 102 valence electrons. The second-order valence-electron chi connectivity index (χ2n) is 4.15. The van der Waals surface area contributed by atoms with E-state index in [1.54, 1.807) is 30.3 Å². The molecule has 0 radical (unpaired) electrons. The average molecular weight is 309 g/mol. The molecule has 1 aliphatic heterocycles. The lowest BCUT2D eigenvalue weighted by Gasteiger charge is -2.08. The van der Waals surface area contributed by atoms with Gasteiger partial charge in [-0.1, -0.05) is 23.7 Å². The second-order valence-corrected chi connectivity index (χ2v) is 6.16. The molecule has 0 saturated heterocycles. The lowest BCUT2D eigenvalue weighted by atomic mass is 10.2. The summed E-state index contributed by atoms with van der Waals surface area (Å²) in [5.74, 6) is 0.262. The smallest absolute Gasteiger partial charge is 0.286 e. The minimum atomic E-state index is -3.71. The Morgan fingerprint density at radius 1 is 1.15 bits per heavy atom. The van der Waals surface area contributed by atoms with Gasteiger partial charge in [0.15, 0.2) is 5.75 Å². The van der Waals surface area contributed by atoms with Crippen LogP contribution in [0.3, 0.4) is 0 Å². The maximum absolute atomic E-state index is 11.9. The Balaban J connectivity index is 2.07. The van der Waals surface area contributed by atoms with Crippen LogP contribution in [0.4, 0.5) is 5.69 Å². The van der Waals surface area contributed by atoms with E-state index in [1.165, 1.54) is 12.1 Å². The number of fused-ring (bicyclic) bond motifs is 1. The van der Waals surface area contributed by atoms with Crippen molar-refractivity contribution in [2.24, 2.45) is 4.40 Å². The summed E-state index contributed by atoms with van der Waals surface area (Å²) in [4.78, 5) is 0.121. The average Bonchev–Trinajstić information content (AvgIpc) is 2.66. The van der Waals surface area contributed by atoms with Gasteiger partial charge in [-0.2, -0.15) is 8.42 Å². The molecule has 0 saturated carbocycles. The summed E-state index contributed by atoms with van der Waals surface area (Å²) in [6.07, 6.45) is 0. The molecule has 0 unspecified atom stereocenters. The molecule has 0 fully saturated rings. The van der Waals surface area contributed by atoms with E-state index in [4.69, 9.17) is 22.1 Å². The van der Waals surface area contributed by atoms with Crippen LogP contribution in [0, 0.1) is 0 Å². The van der Waals surface area contributed by atoms with Crippen molar-refractivity contribution in [1.29, 1.82) is 0 Å². The van der Waals surface area contributed by atoms with Crippen LogP contribution in [0.15, 0.2) is 51.8 Å². The van der Waals surface area contributed by atoms with Crippen LogP contribution in [0.1, 0.15) is 5.56 Å². The molecule has 0 aromatic heterocycles. The van der Waals surface area contributed by atoms with E-state index in [2.05, 4.69) is 4.40 Å². The maximum Gasteiger partial charge on any atom is 0.286 e. The van der Waals surface area contributed by atoms with Crippen molar-refractivity contribution in [2.75, 3.05) is 5.73 Å². The standard InChI is InChI=1S/C13H9ClN2O3S/c14-8-5-6-10(15)11(7-8)19-13-9-3-1-2-4-12(9)20(17,18)16-13/h1-7H,15H2. The van der Waals surface area contributed by atoms with Gasteiger partial charge in [-0.15, -0.1) is 4.40 Å². The highest BCUT2D eigenvalue weighted by Crippen LogP contribution is 2.31. The van der Waals surface area contributed by atoms with Gasteiger partial charge >= 0.3 is 0 Å². The molecular formula is C13H9ClN2O3S. The largest absolute Gasteiger partial charge is 0.435 e. The van der Waals surface area contributed by atoms with Gasteiger partial charge in [0.05, 0.1) is 11.3 Å². The van der Waals surface area contributed by atoms with Crippen LogP contribution in [0.5, 0.6) is 5.75 Å². The zero-order valence-electron chi connectivity index (χ0n) is 10.1. The monoisotopic (exact) mass is 308 g/mol. The van der Waals surface area contributed by atoms with Crippen LogP contribution in [0.2, 0.25) is 5.02 Å². The van der Waals surface area contributed by atoms with Gasteiger partial charge in [0.2, 0.25) is 5.90 Å². The molecule has 5 nitrogen and oxygen atoms in total. The van der Waals surface area contributed by atoms with E-state index in [0.29, 0.717) is 16.3 Å². The van der Waals surface area contributed by atoms with Crippen molar-refractivity contribution in [2.45, 2.75) is 4.90 Å². The number of sulfonamides is 1. The normalized spacial score (nSPS) is 15.6. The minimum absolute atomic E-state index is 0.00503. The zero-order chi connectivity index (χ0) is 14.3. The fraction of sp³-hybridized carbons (Fsp3) is 0. The van der Waals surface area contributed by atoms with Crippen LogP contribution in [-0.2, 0) is 10.0 Å². The third-order valence-corrected chi connectivity index (χ3v) is 4.33. The molecule has 20 heavy (non-hydrogen) atoms. The van der Waals surface area contributed by atoms with Crippen LogP contribution in [0.25, 0.3) is 0 Å². The molecule has 0 amide bonds. The molecule has 0 bridgehead atoms. The van der Waals surface area contributed by atoms with Gasteiger partial charge in [-0.25, -0.2) is 0 Å². The summed E-state index contributed by atoms with van der Waals surface area (Å²) < 4.78 is 32.9. The fourth-order valence-electron chi connectivity index (χ4n) is 1.85. The zero-order valence-corrected chi connectivity index (χ0v) is 11.6. The van der Waals surface area contributed by atoms with Gasteiger partial charge in [-0.05, 0) is 24.3 Å². The van der Waals surface area contributed by atoms with E-state index >= 15 is 0 Å². The van der Waals surface area contributed by atoms with Crippen LogP contribution < -0.4 is 10.5 Å². The lowest BCUT2D eigenvalue weighted by Crippen LogP contribution is -2.09. The van der Waals surface area contributed by atoms with Crippen molar-refractivity contribution < 1.29 is 13.2 Å². The van der Waals surface area contributed by atoms with Crippen LogP contribution in [-0.4, -0.2) is 14.3 Å². The van der Waals surface area contributed by atoms with E-state index in [0.717, 1.165) is 0 Å². The molecule has 1 heterocycles. The number of ether oxygens (including phenoxy) is 1. The molecule has 0 spiro atoms. The number of benzene rings is 2. The number of anilines is 1. The molecule has 2 N–H and O–H groups in total. The second kappa shape index (κ2) is 4.50. The number of nitrogens with two attached hydrogens (primary N) is 1. The number of hydrogen-bond donors (Lipinski definition) is 1. The molecule has 2 aromatic rings. The summed E-state index contributed by atoms with van der Waals surface area (Å²) >= 11 is 5.86. The van der Waals surface area contributed by atoms with Crippen molar-refractivity contribution in [3.8, 4) is 5.75 Å². The topological polar surface area (TPSA) is 81.8 Å². The Kier molecular flexibility index (Phi) is 2.92. The van der Waals surface area contributed by atoms with E-state index < -0.39 is 10.0 Å². The molecule has 3 rings (SSSR count). The Labute approximate surface area is 120 Å². The first-order valence-corrected chi connectivity index (χ1v) is 7.46. The Morgan fingerprint density at radius 2 is 1.90 bits per heavy atom. The molecule has 0 atom stereocenters. The quantitative estimate of drug-likeness (QED) is 0.820. The number of hydrogen-bond acceptors (Lipinski definition) is 4. The van der Waals surface area contributed by atoms with Crippen molar-refractivity contribution in [1.82, 2.24) is 0 Å². The summed E-state index contributed by atoms with van der Waals surface area (Å²) in [6.45, 7) is 0. The third kappa shape index (κ3) is 2.13. The number of nitrogen functional groups attached to an aromatic ring is 1. The van der Waals surface area contributed by atoms with E-state index in [9.17, 15) is 8.42 Å². The summed E-state index contributed by atoms with van der Waals surface area (Å²) in [5.41, 5.74) is 6.52. The van der Waals surface area contributed by atoms with E-state index in [1.807, 2.05) is 0 Å². The number of rotatable bonds is 1. The fourth-order valence-corrected chi connectivity index (χ4v) is 3.15. The Bertz CT molecular complexity index is 831. The summed E-state index contributed by atoms with van der Waals surface area (Å²) in [6, 6.07) is 11.1. The Hall–Kier alpha value is -2.05. The Morgan fingerprint density at radius 3 is 2.70 bits per heavy atom. The highest BCUT2D eigenvalue weighted by atomic mass is 35.5. The maximum atomic E-state index is 11.9. The predicted octanol–water partition coefficient (Wildman–Crippen LogP) is 2.45. The number of nitrogens with zero attached hydrogens (tertiary/aromatic N) is 1. The molecular weight excluding hydrogens is 300 g/mol. The highest BCUT2D eigenvalue weighted by Gasteiger charge is 2.30. The van der Waals surface area contributed by atoms with E-state index in [-0.39, 0.29) is 16.5 Å². The third-order valence-electron chi connectivity index (χ3n) is 2.78. The predicted molar refractivity (Wildman–Crippen MR) is 76.7 cm³/mol. The first kappa shape index (κ1) is 13.0. The first-order chi connectivity index (χ1) is 9.47. The summed E-state index contributed by atoms with van der Waals surface area (Å²) in [5, 5.41) is 0.434. The molecule has 1 aliphatic rings. The van der Waals surface area contributed by atoms with Crippen LogP contribution >= 0.6 is 11.6 Å².